The van der Waals surface area contributed by atoms with Gasteiger partial charge in [0.05, 0.1) is 11.0 Å². The zero-order chi connectivity index (χ0) is 29.9. The number of fused-ring (bicyclic) bond motifs is 9. The van der Waals surface area contributed by atoms with Crippen molar-refractivity contribution in [1.29, 1.82) is 0 Å². The molecule has 1 aliphatic rings. The monoisotopic (exact) mass is 583 g/mol. The van der Waals surface area contributed by atoms with Gasteiger partial charge < -0.3 is 8.98 Å². The molecule has 212 valence electrons. The van der Waals surface area contributed by atoms with Gasteiger partial charge in [0.15, 0.2) is 0 Å². The Kier molecular flexibility index (Phi) is 4.61. The van der Waals surface area contributed by atoms with Crippen molar-refractivity contribution in [3.63, 3.8) is 0 Å². The van der Waals surface area contributed by atoms with Gasteiger partial charge in [-0.2, -0.15) is 0 Å². The second-order valence-electron chi connectivity index (χ2n) is 12.4. The van der Waals surface area contributed by atoms with E-state index >= 15 is 0 Å². The Morgan fingerprint density at radius 2 is 0.935 bits per heavy atom. The molecule has 2 heterocycles. The van der Waals surface area contributed by atoms with Crippen molar-refractivity contribution in [1.82, 2.24) is 4.57 Å². The van der Waals surface area contributed by atoms with Crippen LogP contribution in [0.2, 0.25) is 0 Å². The van der Waals surface area contributed by atoms with Gasteiger partial charge in [0.1, 0.15) is 11.2 Å². The summed E-state index contributed by atoms with van der Waals surface area (Å²) >= 11 is 0. The van der Waals surface area contributed by atoms with Crippen LogP contribution in [0.5, 0.6) is 0 Å². The number of nitrogens with zero attached hydrogens (tertiary/aromatic N) is 1. The first kappa shape index (κ1) is 24.2. The van der Waals surface area contributed by atoms with Crippen molar-refractivity contribution < 1.29 is 4.42 Å². The van der Waals surface area contributed by atoms with Crippen LogP contribution in [-0.4, -0.2) is 4.57 Å². The molecule has 0 aliphatic heterocycles. The number of furan rings is 1. The normalized spacial score (nSPS) is 12.3. The highest BCUT2D eigenvalue weighted by atomic mass is 16.3. The smallest absolute Gasteiger partial charge is 0.136 e. The lowest BCUT2D eigenvalue weighted by Gasteiger charge is -2.16. The van der Waals surface area contributed by atoms with Gasteiger partial charge >= 0.3 is 0 Å². The second-order valence-corrected chi connectivity index (χ2v) is 12.4. The minimum Gasteiger partial charge on any atom is -0.456 e. The average molecular weight is 584 g/mol. The van der Waals surface area contributed by atoms with Crippen LogP contribution in [0.25, 0.3) is 104 Å². The molecule has 0 radical (unpaired) electrons. The van der Waals surface area contributed by atoms with Crippen molar-refractivity contribution >= 4 is 65.3 Å². The van der Waals surface area contributed by atoms with E-state index in [0.29, 0.717) is 0 Å². The molecule has 0 amide bonds. The van der Waals surface area contributed by atoms with Gasteiger partial charge in [-0.05, 0) is 74.5 Å². The Morgan fingerprint density at radius 1 is 0.348 bits per heavy atom. The minimum absolute atomic E-state index is 0.918. The van der Waals surface area contributed by atoms with E-state index in [1.807, 2.05) is 12.1 Å². The Balaban J connectivity index is 1.26. The lowest BCUT2D eigenvalue weighted by Crippen LogP contribution is -1.96. The third-order valence-electron chi connectivity index (χ3n) is 10.1. The standard InChI is InChI=1S/C44H25NO/c1-2-11-30-29(10-1)32-16-7-17-33-31-12-3-4-13-35(31)44-43(41(32)33)42-34(30)18-8-19-37(42)45(44)27-24-22-26(23-25-27)28-15-9-21-39-40(28)36-14-5-6-20-38(36)46-39/h1-25H. The third kappa shape index (κ3) is 3.01. The predicted octanol–water partition coefficient (Wildman–Crippen LogP) is 12.3. The summed E-state index contributed by atoms with van der Waals surface area (Å²) in [6, 6.07) is 55.2. The molecule has 0 atom stereocenters. The Morgan fingerprint density at radius 3 is 1.76 bits per heavy atom. The van der Waals surface area contributed by atoms with Gasteiger partial charge in [0.25, 0.3) is 0 Å². The van der Waals surface area contributed by atoms with Crippen molar-refractivity contribution in [2.24, 2.45) is 0 Å². The quantitative estimate of drug-likeness (QED) is 0.185. The molecule has 11 rings (SSSR count). The van der Waals surface area contributed by atoms with Crippen molar-refractivity contribution in [3.05, 3.63) is 152 Å². The molecule has 0 saturated carbocycles. The summed E-state index contributed by atoms with van der Waals surface area (Å²) in [5.74, 6) is 0. The van der Waals surface area contributed by atoms with Gasteiger partial charge in [0, 0.05) is 38.0 Å². The fraction of sp³-hybridized carbons (Fsp3) is 0. The molecular formula is C44H25NO. The molecule has 0 unspecified atom stereocenters. The number of hydrogen-bond donors (Lipinski definition) is 0. The van der Waals surface area contributed by atoms with Crippen molar-refractivity contribution in [2.45, 2.75) is 0 Å². The Labute approximate surface area is 264 Å². The van der Waals surface area contributed by atoms with Gasteiger partial charge in [-0.25, -0.2) is 0 Å². The van der Waals surface area contributed by atoms with E-state index in [1.165, 1.54) is 76.7 Å². The molecule has 8 aromatic carbocycles. The van der Waals surface area contributed by atoms with Crippen LogP contribution in [0.1, 0.15) is 0 Å². The van der Waals surface area contributed by atoms with Crippen LogP contribution in [0.4, 0.5) is 0 Å². The molecule has 0 spiro atoms. The van der Waals surface area contributed by atoms with Gasteiger partial charge in [-0.1, -0.05) is 121 Å². The predicted molar refractivity (Wildman–Crippen MR) is 193 cm³/mol. The van der Waals surface area contributed by atoms with E-state index in [2.05, 4.69) is 144 Å². The zero-order valence-electron chi connectivity index (χ0n) is 24.8. The first-order valence-corrected chi connectivity index (χ1v) is 15.9. The molecule has 46 heavy (non-hydrogen) atoms. The van der Waals surface area contributed by atoms with E-state index in [-0.39, 0.29) is 0 Å². The highest BCUT2D eigenvalue weighted by molar-refractivity contribution is 6.37. The SMILES string of the molecule is c1ccc2c(c1)-c1cccc3c4ccccc4c4c(c13)c1c-2cccc1n4-c1ccc(-c2cccc3oc4ccccc4c23)cc1. The maximum Gasteiger partial charge on any atom is 0.136 e. The summed E-state index contributed by atoms with van der Waals surface area (Å²) in [5.41, 5.74) is 13.0. The topological polar surface area (TPSA) is 18.1 Å². The number of rotatable bonds is 2. The molecule has 10 aromatic rings. The molecule has 0 fully saturated rings. The molecule has 0 N–H and O–H groups in total. The number of aromatic nitrogens is 1. The van der Waals surface area contributed by atoms with Crippen LogP contribution in [0.15, 0.2) is 156 Å². The molecule has 2 heteroatoms. The molecule has 0 bridgehead atoms. The summed E-state index contributed by atoms with van der Waals surface area (Å²) in [7, 11) is 0. The highest BCUT2D eigenvalue weighted by Crippen LogP contribution is 2.52. The Hall–Kier alpha value is -6.12. The lowest BCUT2D eigenvalue weighted by atomic mass is 9.91. The lowest BCUT2D eigenvalue weighted by molar-refractivity contribution is 0.669. The van der Waals surface area contributed by atoms with E-state index in [1.54, 1.807) is 0 Å². The fourth-order valence-corrected chi connectivity index (χ4v) is 8.28. The molecule has 2 nitrogen and oxygen atoms in total. The maximum absolute atomic E-state index is 6.22. The van der Waals surface area contributed by atoms with Crippen LogP contribution in [-0.2, 0) is 0 Å². The van der Waals surface area contributed by atoms with E-state index in [9.17, 15) is 0 Å². The van der Waals surface area contributed by atoms with Crippen molar-refractivity contribution in [3.8, 4) is 39.1 Å². The second kappa shape index (κ2) is 8.74. The van der Waals surface area contributed by atoms with Gasteiger partial charge in [-0.15, -0.1) is 0 Å². The zero-order valence-corrected chi connectivity index (χ0v) is 24.8. The van der Waals surface area contributed by atoms with Crippen LogP contribution in [0.3, 0.4) is 0 Å². The molecular weight excluding hydrogens is 558 g/mol. The number of benzene rings is 8. The minimum atomic E-state index is 0.918. The molecule has 0 saturated heterocycles. The van der Waals surface area contributed by atoms with Crippen LogP contribution >= 0.6 is 0 Å². The van der Waals surface area contributed by atoms with Gasteiger partial charge in [0.2, 0.25) is 0 Å². The van der Waals surface area contributed by atoms with Crippen LogP contribution < -0.4 is 0 Å². The fourth-order valence-electron chi connectivity index (χ4n) is 8.28. The first-order chi connectivity index (χ1) is 22.8. The summed E-state index contributed by atoms with van der Waals surface area (Å²) in [4.78, 5) is 0. The largest absolute Gasteiger partial charge is 0.456 e. The van der Waals surface area contributed by atoms with E-state index in [0.717, 1.165) is 27.6 Å². The van der Waals surface area contributed by atoms with Crippen molar-refractivity contribution in [2.75, 3.05) is 0 Å². The molecule has 2 aromatic heterocycles. The first-order valence-electron chi connectivity index (χ1n) is 15.9. The van der Waals surface area contributed by atoms with E-state index in [4.69, 9.17) is 4.42 Å². The number of hydrogen-bond acceptors (Lipinski definition) is 1. The number of para-hydroxylation sites is 1. The van der Waals surface area contributed by atoms with Crippen LogP contribution in [0, 0.1) is 0 Å². The maximum atomic E-state index is 6.22. The Bertz CT molecular complexity index is 2900. The highest BCUT2D eigenvalue weighted by Gasteiger charge is 2.26. The third-order valence-corrected chi connectivity index (χ3v) is 10.1. The van der Waals surface area contributed by atoms with Gasteiger partial charge in [-0.3, -0.25) is 0 Å². The summed E-state index contributed by atoms with van der Waals surface area (Å²) < 4.78 is 8.72. The summed E-state index contributed by atoms with van der Waals surface area (Å²) in [5, 5.41) is 10.2. The summed E-state index contributed by atoms with van der Waals surface area (Å²) in [6.07, 6.45) is 0. The van der Waals surface area contributed by atoms with E-state index < -0.39 is 0 Å². The molecule has 1 aliphatic carbocycles. The average Bonchev–Trinajstić information content (AvgIpc) is 3.64. The summed E-state index contributed by atoms with van der Waals surface area (Å²) in [6.45, 7) is 0.